The van der Waals surface area contributed by atoms with Crippen LogP contribution in [0, 0.1) is 0 Å². The topological polar surface area (TPSA) is 91.0 Å². The Bertz CT molecular complexity index is 774. The van der Waals surface area contributed by atoms with Gasteiger partial charge in [0.25, 0.3) is 0 Å². The molecule has 0 unspecified atom stereocenters. The second kappa shape index (κ2) is 16.0. The van der Waals surface area contributed by atoms with Crippen molar-refractivity contribution in [2.24, 2.45) is 0 Å². The Morgan fingerprint density at radius 1 is 0.972 bits per heavy atom. The maximum absolute atomic E-state index is 12.8. The molecule has 206 valence electrons. The van der Waals surface area contributed by atoms with E-state index in [2.05, 4.69) is 40.8 Å². The first-order valence-electron chi connectivity index (χ1n) is 13.0. The molecule has 0 aromatic heterocycles. The SMILES string of the molecule is CC.COOOc1c(NC(=O)CCN2CCOCC2)cc(OCCN2CCOCC2)cc1C(C)(C)C. The number of nitrogens with zero attached hydrogens (tertiary/aromatic N) is 2. The Morgan fingerprint density at radius 2 is 1.56 bits per heavy atom. The molecule has 0 aliphatic carbocycles. The highest BCUT2D eigenvalue weighted by Crippen LogP contribution is 2.41. The molecule has 0 atom stereocenters. The summed E-state index contributed by atoms with van der Waals surface area (Å²) in [5.74, 6) is 0.945. The summed E-state index contributed by atoms with van der Waals surface area (Å²) in [4.78, 5) is 27.5. The van der Waals surface area contributed by atoms with E-state index >= 15 is 0 Å². The van der Waals surface area contributed by atoms with E-state index < -0.39 is 0 Å². The second-order valence-corrected chi connectivity index (χ2v) is 9.47. The number of carbonyl (C=O) groups is 1. The fraction of sp³-hybridized carbons (Fsp3) is 0.731. The van der Waals surface area contributed by atoms with E-state index in [-0.39, 0.29) is 11.3 Å². The van der Waals surface area contributed by atoms with Crippen LogP contribution in [-0.4, -0.2) is 95.1 Å². The molecule has 1 aromatic carbocycles. The summed E-state index contributed by atoms with van der Waals surface area (Å²) < 4.78 is 16.9. The van der Waals surface area contributed by atoms with Crippen LogP contribution in [0.2, 0.25) is 0 Å². The zero-order chi connectivity index (χ0) is 26.4. The molecule has 0 spiro atoms. The average molecular weight is 512 g/mol. The zero-order valence-electron chi connectivity index (χ0n) is 22.9. The number of hydrogen-bond acceptors (Lipinski definition) is 9. The molecular weight excluding hydrogens is 466 g/mol. The molecule has 0 saturated carbocycles. The van der Waals surface area contributed by atoms with Gasteiger partial charge in [0.05, 0.1) is 39.2 Å². The molecule has 2 saturated heterocycles. The molecule has 10 nitrogen and oxygen atoms in total. The van der Waals surface area contributed by atoms with Crippen LogP contribution in [0.1, 0.15) is 46.6 Å². The Balaban J connectivity index is 0.00000222. The van der Waals surface area contributed by atoms with Crippen LogP contribution in [0.5, 0.6) is 11.5 Å². The summed E-state index contributed by atoms with van der Waals surface area (Å²) >= 11 is 0. The Morgan fingerprint density at radius 3 is 2.11 bits per heavy atom. The molecule has 0 radical (unpaired) electrons. The first-order valence-corrected chi connectivity index (χ1v) is 13.0. The van der Waals surface area contributed by atoms with Gasteiger partial charge in [0, 0.05) is 57.3 Å². The van der Waals surface area contributed by atoms with Gasteiger partial charge in [-0.2, -0.15) is 4.89 Å². The van der Waals surface area contributed by atoms with Gasteiger partial charge in [-0.15, -0.1) is 0 Å². The predicted octanol–water partition coefficient (Wildman–Crippen LogP) is 3.25. The van der Waals surface area contributed by atoms with Crippen molar-refractivity contribution in [3.05, 3.63) is 17.7 Å². The normalized spacial score (nSPS) is 17.2. The van der Waals surface area contributed by atoms with Gasteiger partial charge < -0.3 is 24.4 Å². The number of carbonyl (C=O) groups excluding carboxylic acids is 1. The minimum absolute atomic E-state index is 0.112. The lowest BCUT2D eigenvalue weighted by atomic mass is 9.85. The van der Waals surface area contributed by atoms with E-state index in [1.165, 1.54) is 7.11 Å². The molecule has 36 heavy (non-hydrogen) atoms. The van der Waals surface area contributed by atoms with Crippen LogP contribution >= 0.6 is 0 Å². The third-order valence-corrected chi connectivity index (χ3v) is 5.87. The highest BCUT2D eigenvalue weighted by atomic mass is 17.5. The molecule has 2 fully saturated rings. The summed E-state index contributed by atoms with van der Waals surface area (Å²) in [5, 5.41) is 7.79. The van der Waals surface area contributed by atoms with E-state index in [9.17, 15) is 4.79 Å². The van der Waals surface area contributed by atoms with Crippen molar-refractivity contribution in [2.75, 3.05) is 84.7 Å². The van der Waals surface area contributed by atoms with E-state index in [1.54, 1.807) is 6.07 Å². The van der Waals surface area contributed by atoms with Crippen molar-refractivity contribution >= 4 is 11.6 Å². The fourth-order valence-corrected chi connectivity index (χ4v) is 3.91. The van der Waals surface area contributed by atoms with E-state index in [1.807, 2.05) is 19.9 Å². The second-order valence-electron chi connectivity index (χ2n) is 9.47. The summed E-state index contributed by atoms with van der Waals surface area (Å²) in [6, 6.07) is 3.70. The smallest absolute Gasteiger partial charge is 0.225 e. The largest absolute Gasteiger partial charge is 0.492 e. The van der Waals surface area contributed by atoms with Crippen molar-refractivity contribution in [3.8, 4) is 11.5 Å². The summed E-state index contributed by atoms with van der Waals surface area (Å²) in [7, 11) is 1.36. The third kappa shape index (κ3) is 10.2. The standard InChI is InChI=1S/C24H39N3O7.C2H6/c1-24(2,3)20-17-19(32-16-11-27-9-14-31-15-10-27)18-21(23(20)33-34-29-4)25-22(28)5-6-26-7-12-30-13-8-26;1-2/h17-18H,5-16H2,1-4H3,(H,25,28);1-2H3. The number of anilines is 1. The maximum Gasteiger partial charge on any atom is 0.225 e. The Hall–Kier alpha value is -1.95. The summed E-state index contributed by atoms with van der Waals surface area (Å²) in [5.41, 5.74) is 1.01. The lowest BCUT2D eigenvalue weighted by Crippen LogP contribution is -2.38. The van der Waals surface area contributed by atoms with Gasteiger partial charge in [-0.25, -0.2) is 0 Å². The predicted molar refractivity (Wildman–Crippen MR) is 138 cm³/mol. The molecule has 10 heteroatoms. The van der Waals surface area contributed by atoms with Gasteiger partial charge in [-0.1, -0.05) is 34.6 Å². The molecule has 1 amide bonds. The van der Waals surface area contributed by atoms with E-state index in [0.717, 1.165) is 51.5 Å². The van der Waals surface area contributed by atoms with Gasteiger partial charge in [-0.05, 0) is 16.5 Å². The molecule has 2 heterocycles. The number of ether oxygens (including phenoxy) is 3. The summed E-state index contributed by atoms with van der Waals surface area (Å²) in [6.07, 6.45) is 0.359. The van der Waals surface area contributed by atoms with Crippen LogP contribution < -0.4 is 14.9 Å². The molecule has 1 aromatic rings. The van der Waals surface area contributed by atoms with Crippen molar-refractivity contribution < 1.29 is 33.8 Å². The maximum atomic E-state index is 12.8. The number of morpholine rings is 2. The van der Waals surface area contributed by atoms with Crippen molar-refractivity contribution in [3.63, 3.8) is 0 Å². The van der Waals surface area contributed by atoms with Gasteiger partial charge >= 0.3 is 0 Å². The van der Waals surface area contributed by atoms with Crippen LogP contribution in [0.3, 0.4) is 0 Å². The van der Waals surface area contributed by atoms with Crippen LogP contribution in [-0.2, 0) is 29.6 Å². The number of hydrogen-bond donors (Lipinski definition) is 1. The molecule has 3 rings (SSSR count). The molecule has 2 aliphatic heterocycles. The van der Waals surface area contributed by atoms with Crippen molar-refractivity contribution in [1.82, 2.24) is 9.80 Å². The first kappa shape index (κ1) is 30.3. The summed E-state index contributed by atoms with van der Waals surface area (Å²) in [6.45, 7) is 18.6. The van der Waals surface area contributed by atoms with Crippen LogP contribution in [0.15, 0.2) is 12.1 Å². The third-order valence-electron chi connectivity index (χ3n) is 5.87. The Labute approximate surface area is 215 Å². The average Bonchev–Trinajstić information content (AvgIpc) is 2.88. The number of rotatable bonds is 11. The van der Waals surface area contributed by atoms with Crippen LogP contribution in [0.25, 0.3) is 0 Å². The quantitative estimate of drug-likeness (QED) is 0.355. The number of nitrogens with one attached hydrogen (secondary N) is 1. The monoisotopic (exact) mass is 511 g/mol. The van der Waals surface area contributed by atoms with E-state index in [4.69, 9.17) is 24.1 Å². The minimum atomic E-state index is -0.302. The van der Waals surface area contributed by atoms with Crippen molar-refractivity contribution in [2.45, 2.75) is 46.5 Å². The van der Waals surface area contributed by atoms with Gasteiger partial charge in [0.15, 0.2) is 5.75 Å². The van der Waals surface area contributed by atoms with Crippen molar-refractivity contribution in [1.29, 1.82) is 0 Å². The lowest BCUT2D eigenvalue weighted by Gasteiger charge is -2.27. The molecule has 1 N–H and O–H groups in total. The highest BCUT2D eigenvalue weighted by Gasteiger charge is 2.26. The van der Waals surface area contributed by atoms with Crippen LogP contribution in [0.4, 0.5) is 5.69 Å². The van der Waals surface area contributed by atoms with Gasteiger partial charge in [0.2, 0.25) is 5.91 Å². The highest BCUT2D eigenvalue weighted by molar-refractivity contribution is 5.93. The van der Waals surface area contributed by atoms with E-state index in [0.29, 0.717) is 50.0 Å². The lowest BCUT2D eigenvalue weighted by molar-refractivity contribution is -0.453. The Kier molecular flexibility index (Phi) is 13.5. The molecule has 0 bridgehead atoms. The van der Waals surface area contributed by atoms with Gasteiger partial charge in [0.1, 0.15) is 12.4 Å². The fourth-order valence-electron chi connectivity index (χ4n) is 3.91. The zero-order valence-corrected chi connectivity index (χ0v) is 22.9. The number of benzene rings is 1. The molecular formula is C26H45N3O7. The molecule has 2 aliphatic rings. The first-order chi connectivity index (χ1) is 17.4. The minimum Gasteiger partial charge on any atom is -0.492 e. The van der Waals surface area contributed by atoms with Gasteiger partial charge in [-0.3, -0.25) is 14.6 Å². The number of amides is 1.